The molecular weight excluding hydrogens is 597 g/mol. The fourth-order valence-corrected chi connectivity index (χ4v) is 8.73. The lowest BCUT2D eigenvalue weighted by molar-refractivity contribution is 0.440. The Balaban J connectivity index is 1.31. The van der Waals surface area contributed by atoms with Gasteiger partial charge < -0.3 is 4.74 Å². The number of pyridine rings is 1. The standard InChI is InChI=1S/C46H28N2O/c1-2-14-29(15-3-1)35-28-43(47-40-23-11-6-18-32(35)40)48-41-24-12-7-19-33(41)34-26-27-39-45(44(34)48)49-42-25-13-10-22-38(42)46(39)36-20-8-4-16-30(36)31-17-5-9-21-37(31)46/h1-28H. The molecule has 2 aliphatic rings. The first-order valence-corrected chi connectivity index (χ1v) is 16.8. The molecule has 0 saturated carbocycles. The van der Waals surface area contributed by atoms with Gasteiger partial charge in [-0.15, -0.1) is 0 Å². The van der Waals surface area contributed by atoms with Crippen LogP contribution in [0.15, 0.2) is 170 Å². The van der Waals surface area contributed by atoms with E-state index in [1.54, 1.807) is 0 Å². The predicted molar refractivity (Wildman–Crippen MR) is 199 cm³/mol. The fraction of sp³-hybridized carbons (Fsp3) is 0.0217. The maximum absolute atomic E-state index is 7.15. The lowest BCUT2D eigenvalue weighted by atomic mass is 9.66. The van der Waals surface area contributed by atoms with Crippen molar-refractivity contribution in [1.29, 1.82) is 0 Å². The topological polar surface area (TPSA) is 27.1 Å². The number of ether oxygens (including phenoxy) is 1. The molecule has 49 heavy (non-hydrogen) atoms. The van der Waals surface area contributed by atoms with Crippen LogP contribution in [0, 0.1) is 0 Å². The predicted octanol–water partition coefficient (Wildman–Crippen LogP) is 11.5. The maximum atomic E-state index is 7.15. The molecule has 1 aliphatic heterocycles. The van der Waals surface area contributed by atoms with Crippen LogP contribution < -0.4 is 4.74 Å². The van der Waals surface area contributed by atoms with Gasteiger partial charge in [-0.25, -0.2) is 4.98 Å². The number of fused-ring (bicyclic) bond motifs is 14. The van der Waals surface area contributed by atoms with Gasteiger partial charge in [0.2, 0.25) is 0 Å². The molecule has 0 N–H and O–H groups in total. The number of rotatable bonds is 2. The molecule has 0 atom stereocenters. The van der Waals surface area contributed by atoms with E-state index < -0.39 is 5.41 Å². The van der Waals surface area contributed by atoms with Crippen LogP contribution in [0.4, 0.5) is 0 Å². The van der Waals surface area contributed by atoms with E-state index >= 15 is 0 Å². The van der Waals surface area contributed by atoms with Crippen LogP contribution in [0.25, 0.3) is 60.8 Å². The summed E-state index contributed by atoms with van der Waals surface area (Å²) < 4.78 is 9.48. The average molecular weight is 625 g/mol. The van der Waals surface area contributed by atoms with Gasteiger partial charge in [0.1, 0.15) is 11.6 Å². The highest BCUT2D eigenvalue weighted by molar-refractivity contribution is 6.12. The highest BCUT2D eigenvalue weighted by Gasteiger charge is 2.51. The van der Waals surface area contributed by atoms with Gasteiger partial charge >= 0.3 is 0 Å². The van der Waals surface area contributed by atoms with Crippen molar-refractivity contribution in [2.24, 2.45) is 0 Å². The fourth-order valence-electron chi connectivity index (χ4n) is 8.73. The molecule has 0 bridgehead atoms. The molecule has 1 aliphatic carbocycles. The number of aromatic nitrogens is 2. The van der Waals surface area contributed by atoms with Gasteiger partial charge in [0.05, 0.1) is 22.0 Å². The Kier molecular flexibility index (Phi) is 5.31. The van der Waals surface area contributed by atoms with Crippen LogP contribution in [-0.4, -0.2) is 9.55 Å². The van der Waals surface area contributed by atoms with Crippen molar-refractivity contribution in [3.8, 4) is 39.6 Å². The van der Waals surface area contributed by atoms with Crippen molar-refractivity contribution in [1.82, 2.24) is 9.55 Å². The Morgan fingerprint density at radius 1 is 0.469 bits per heavy atom. The average Bonchev–Trinajstić information content (AvgIpc) is 3.66. The third-order valence-electron chi connectivity index (χ3n) is 10.7. The summed E-state index contributed by atoms with van der Waals surface area (Å²) in [7, 11) is 0. The quantitative estimate of drug-likeness (QED) is 0.191. The molecule has 0 unspecified atom stereocenters. The summed E-state index contributed by atoms with van der Waals surface area (Å²) in [5.74, 6) is 2.61. The van der Waals surface area contributed by atoms with Gasteiger partial charge in [0.15, 0.2) is 5.75 Å². The second-order valence-electron chi connectivity index (χ2n) is 13.0. The Labute approximate surface area is 283 Å². The molecular formula is C46H28N2O. The Hall–Kier alpha value is -6.45. The van der Waals surface area contributed by atoms with Gasteiger partial charge in [-0.3, -0.25) is 4.57 Å². The smallest absolute Gasteiger partial charge is 0.156 e. The summed E-state index contributed by atoms with van der Waals surface area (Å²) in [6.45, 7) is 0. The first-order chi connectivity index (χ1) is 24.3. The van der Waals surface area contributed by atoms with Gasteiger partial charge in [0.25, 0.3) is 0 Å². The Morgan fingerprint density at radius 2 is 1.10 bits per heavy atom. The monoisotopic (exact) mass is 624 g/mol. The molecule has 0 saturated heterocycles. The molecule has 7 aromatic carbocycles. The highest BCUT2D eigenvalue weighted by atomic mass is 16.5. The van der Waals surface area contributed by atoms with E-state index in [1.165, 1.54) is 27.6 Å². The SMILES string of the molecule is c1ccc(-c2cc(-n3c4ccccc4c4ccc5c(c43)Oc3ccccc3C53c4ccccc4-c4ccccc43)nc3ccccc23)cc1. The zero-order valence-electron chi connectivity index (χ0n) is 26.5. The van der Waals surface area contributed by atoms with Crippen LogP contribution in [0.3, 0.4) is 0 Å². The van der Waals surface area contributed by atoms with Crippen LogP contribution in [0.2, 0.25) is 0 Å². The zero-order chi connectivity index (χ0) is 32.1. The first-order valence-electron chi connectivity index (χ1n) is 16.8. The van der Waals surface area contributed by atoms with Crippen LogP contribution in [0.1, 0.15) is 22.3 Å². The largest absolute Gasteiger partial charge is 0.454 e. The van der Waals surface area contributed by atoms with E-state index in [0.29, 0.717) is 0 Å². The molecule has 9 aromatic rings. The minimum absolute atomic E-state index is 0.543. The molecule has 2 aromatic heterocycles. The molecule has 3 heteroatoms. The van der Waals surface area contributed by atoms with Crippen molar-refractivity contribution >= 4 is 32.7 Å². The maximum Gasteiger partial charge on any atom is 0.156 e. The molecule has 228 valence electrons. The minimum Gasteiger partial charge on any atom is -0.454 e. The van der Waals surface area contributed by atoms with E-state index in [1.807, 2.05) is 0 Å². The van der Waals surface area contributed by atoms with Gasteiger partial charge in [-0.1, -0.05) is 146 Å². The minimum atomic E-state index is -0.543. The summed E-state index contributed by atoms with van der Waals surface area (Å²) >= 11 is 0. The molecule has 3 heterocycles. The summed E-state index contributed by atoms with van der Waals surface area (Å²) in [6.07, 6.45) is 0. The van der Waals surface area contributed by atoms with Crippen molar-refractivity contribution in [2.75, 3.05) is 0 Å². The van der Waals surface area contributed by atoms with Crippen LogP contribution in [-0.2, 0) is 5.41 Å². The second kappa shape index (κ2) is 9.79. The van der Waals surface area contributed by atoms with Crippen molar-refractivity contribution < 1.29 is 4.74 Å². The lowest BCUT2D eigenvalue weighted by Gasteiger charge is -2.39. The van der Waals surface area contributed by atoms with Gasteiger partial charge in [-0.2, -0.15) is 0 Å². The summed E-state index contributed by atoms with van der Waals surface area (Å²) in [5, 5.41) is 3.43. The molecule has 0 fully saturated rings. The Bertz CT molecular complexity index is 2770. The zero-order valence-corrected chi connectivity index (χ0v) is 26.5. The van der Waals surface area contributed by atoms with Crippen LogP contribution in [0.5, 0.6) is 11.5 Å². The number of para-hydroxylation sites is 3. The molecule has 3 nitrogen and oxygen atoms in total. The summed E-state index contributed by atoms with van der Waals surface area (Å²) in [6, 6.07) is 60.9. The third-order valence-corrected chi connectivity index (χ3v) is 10.7. The van der Waals surface area contributed by atoms with Crippen molar-refractivity contribution in [3.63, 3.8) is 0 Å². The second-order valence-corrected chi connectivity index (χ2v) is 13.0. The molecule has 0 amide bonds. The first kappa shape index (κ1) is 26.6. The number of hydrogen-bond acceptors (Lipinski definition) is 2. The van der Waals surface area contributed by atoms with E-state index in [-0.39, 0.29) is 0 Å². The van der Waals surface area contributed by atoms with E-state index in [2.05, 4.69) is 174 Å². The molecule has 1 spiro atoms. The summed E-state index contributed by atoms with van der Waals surface area (Å²) in [4.78, 5) is 5.37. The third kappa shape index (κ3) is 3.44. The van der Waals surface area contributed by atoms with Crippen molar-refractivity contribution in [3.05, 3.63) is 192 Å². The van der Waals surface area contributed by atoms with E-state index in [4.69, 9.17) is 9.72 Å². The number of benzene rings is 7. The highest BCUT2D eigenvalue weighted by Crippen LogP contribution is 2.63. The van der Waals surface area contributed by atoms with E-state index in [9.17, 15) is 0 Å². The molecule has 0 radical (unpaired) electrons. The molecule has 11 rings (SSSR count). The number of hydrogen-bond donors (Lipinski definition) is 0. The normalized spacial score (nSPS) is 13.6. The van der Waals surface area contributed by atoms with Gasteiger partial charge in [-0.05, 0) is 57.6 Å². The van der Waals surface area contributed by atoms with E-state index in [0.717, 1.165) is 66.9 Å². The summed E-state index contributed by atoms with van der Waals surface area (Å²) in [5.41, 5.74) is 12.3. The van der Waals surface area contributed by atoms with Gasteiger partial charge in [0, 0.05) is 27.3 Å². The van der Waals surface area contributed by atoms with Crippen LogP contribution >= 0.6 is 0 Å². The Morgan fingerprint density at radius 3 is 1.90 bits per heavy atom. The van der Waals surface area contributed by atoms with Crippen molar-refractivity contribution in [2.45, 2.75) is 5.41 Å². The lowest BCUT2D eigenvalue weighted by Crippen LogP contribution is -2.32. The number of nitrogens with zero attached hydrogens (tertiary/aromatic N) is 2.